The number of para-hydroxylation sites is 1. The van der Waals surface area contributed by atoms with Crippen LogP contribution in [-0.4, -0.2) is 16.3 Å². The van der Waals surface area contributed by atoms with Gasteiger partial charge in [-0.2, -0.15) is 5.10 Å². The molecule has 3 nitrogen and oxygen atoms in total. The van der Waals surface area contributed by atoms with E-state index < -0.39 is 0 Å². The van der Waals surface area contributed by atoms with Crippen molar-refractivity contribution in [2.45, 2.75) is 6.54 Å². The van der Waals surface area contributed by atoms with Gasteiger partial charge in [0.05, 0.1) is 24.8 Å². The zero-order chi connectivity index (χ0) is 13.8. The molecule has 1 heterocycles. The van der Waals surface area contributed by atoms with E-state index in [9.17, 15) is 0 Å². The van der Waals surface area contributed by atoms with Crippen LogP contribution in [0, 0.1) is 11.8 Å². The maximum absolute atomic E-state index is 5.45. The molecule has 0 aliphatic rings. The number of benzene rings is 2. The molecule has 20 heavy (non-hydrogen) atoms. The summed E-state index contributed by atoms with van der Waals surface area (Å²) in [5.74, 6) is 6.03. The van der Waals surface area contributed by atoms with Gasteiger partial charge >= 0.3 is 0 Å². The summed E-state index contributed by atoms with van der Waals surface area (Å²) in [5, 5.41) is 5.61. The first-order chi connectivity index (χ1) is 9.88. The zero-order valence-electron chi connectivity index (χ0n) is 11.1. The third-order valence-corrected chi connectivity index (χ3v) is 3.21. The minimum Gasteiger partial charge on any atom is -0.320 e. The van der Waals surface area contributed by atoms with E-state index in [1.807, 2.05) is 41.2 Å². The van der Waals surface area contributed by atoms with E-state index in [4.69, 9.17) is 5.73 Å². The third-order valence-electron chi connectivity index (χ3n) is 3.21. The van der Waals surface area contributed by atoms with Gasteiger partial charge in [-0.3, -0.25) is 4.68 Å². The number of hydrogen-bond donors (Lipinski definition) is 1. The van der Waals surface area contributed by atoms with Gasteiger partial charge in [0.15, 0.2) is 0 Å². The van der Waals surface area contributed by atoms with E-state index in [2.05, 4.69) is 35.1 Å². The molecule has 3 rings (SSSR count). The van der Waals surface area contributed by atoms with E-state index in [0.29, 0.717) is 13.1 Å². The van der Waals surface area contributed by atoms with Crippen molar-refractivity contribution in [2.24, 2.45) is 5.73 Å². The van der Waals surface area contributed by atoms with Crippen LogP contribution in [0.4, 0.5) is 0 Å². The first kappa shape index (κ1) is 12.5. The molecule has 1 aromatic heterocycles. The topological polar surface area (TPSA) is 43.8 Å². The summed E-state index contributed by atoms with van der Waals surface area (Å²) >= 11 is 0. The number of nitrogens with zero attached hydrogens (tertiary/aromatic N) is 2. The Bertz CT molecular complexity index is 790. The highest BCUT2D eigenvalue weighted by atomic mass is 15.3. The van der Waals surface area contributed by atoms with Gasteiger partial charge in [0.25, 0.3) is 0 Å². The lowest BCUT2D eigenvalue weighted by molar-refractivity contribution is 0.711. The van der Waals surface area contributed by atoms with Crippen LogP contribution >= 0.6 is 0 Å². The minimum absolute atomic E-state index is 0.374. The van der Waals surface area contributed by atoms with Crippen LogP contribution in [0.1, 0.15) is 11.1 Å². The molecule has 0 saturated carbocycles. The van der Waals surface area contributed by atoms with Gasteiger partial charge in [-0.25, -0.2) is 0 Å². The van der Waals surface area contributed by atoms with Crippen molar-refractivity contribution in [3.63, 3.8) is 0 Å². The molecule has 0 aliphatic heterocycles. The lowest BCUT2D eigenvalue weighted by atomic mass is 10.1. The normalized spacial score (nSPS) is 10.2. The molecular formula is C17H15N3. The summed E-state index contributed by atoms with van der Waals surface area (Å²) in [6.07, 6.45) is 1.89. The van der Waals surface area contributed by atoms with E-state index in [1.165, 1.54) is 0 Å². The van der Waals surface area contributed by atoms with E-state index in [0.717, 1.165) is 22.0 Å². The summed E-state index contributed by atoms with van der Waals surface area (Å²) in [5.41, 5.74) is 8.75. The monoisotopic (exact) mass is 261 g/mol. The van der Waals surface area contributed by atoms with Gasteiger partial charge in [0.2, 0.25) is 0 Å². The van der Waals surface area contributed by atoms with Crippen LogP contribution in [0.25, 0.3) is 10.9 Å². The van der Waals surface area contributed by atoms with Crippen molar-refractivity contribution < 1.29 is 0 Å². The SMILES string of the molecule is NCC#Cc1ccccc1Cn1ncc2ccccc21. The quantitative estimate of drug-likeness (QED) is 0.720. The maximum Gasteiger partial charge on any atom is 0.0686 e. The van der Waals surface area contributed by atoms with Crippen molar-refractivity contribution in [1.82, 2.24) is 9.78 Å². The molecule has 3 aromatic rings. The van der Waals surface area contributed by atoms with Crippen LogP contribution in [0.2, 0.25) is 0 Å². The Labute approximate surface area is 118 Å². The van der Waals surface area contributed by atoms with Crippen LogP contribution in [0.3, 0.4) is 0 Å². The molecule has 0 fully saturated rings. The van der Waals surface area contributed by atoms with E-state index in [1.54, 1.807) is 0 Å². The van der Waals surface area contributed by atoms with Gasteiger partial charge in [0, 0.05) is 10.9 Å². The highest BCUT2D eigenvalue weighted by molar-refractivity contribution is 5.78. The molecule has 0 unspecified atom stereocenters. The standard InChI is InChI=1S/C17H15N3/c18-11-5-9-14-6-1-2-8-16(14)13-20-17-10-4-3-7-15(17)12-19-20/h1-4,6-8,10,12H,11,13,18H2. The first-order valence-electron chi connectivity index (χ1n) is 6.56. The number of nitrogens with two attached hydrogens (primary N) is 1. The second-order valence-corrected chi connectivity index (χ2v) is 4.52. The summed E-state index contributed by atoms with van der Waals surface area (Å²) in [6.45, 7) is 1.09. The molecule has 0 atom stereocenters. The fourth-order valence-electron chi connectivity index (χ4n) is 2.24. The summed E-state index contributed by atoms with van der Waals surface area (Å²) in [6, 6.07) is 16.3. The van der Waals surface area contributed by atoms with Gasteiger partial charge in [-0.05, 0) is 17.7 Å². The molecule has 0 aliphatic carbocycles. The summed E-state index contributed by atoms with van der Waals surface area (Å²) in [4.78, 5) is 0. The van der Waals surface area contributed by atoms with Crippen molar-refractivity contribution in [3.05, 3.63) is 65.9 Å². The second kappa shape index (κ2) is 5.60. The highest BCUT2D eigenvalue weighted by Gasteiger charge is 2.05. The Morgan fingerprint density at radius 3 is 2.75 bits per heavy atom. The number of rotatable bonds is 2. The Kier molecular flexibility index (Phi) is 3.49. The zero-order valence-corrected chi connectivity index (χ0v) is 11.1. The fraction of sp³-hybridized carbons (Fsp3) is 0.118. The van der Waals surface area contributed by atoms with E-state index in [-0.39, 0.29) is 0 Å². The molecule has 3 heteroatoms. The number of aromatic nitrogens is 2. The summed E-state index contributed by atoms with van der Waals surface area (Å²) in [7, 11) is 0. The molecule has 98 valence electrons. The molecule has 0 radical (unpaired) electrons. The van der Waals surface area contributed by atoms with Crippen LogP contribution in [-0.2, 0) is 6.54 Å². The third kappa shape index (κ3) is 2.42. The van der Waals surface area contributed by atoms with Crippen LogP contribution in [0.5, 0.6) is 0 Å². The van der Waals surface area contributed by atoms with Crippen molar-refractivity contribution in [3.8, 4) is 11.8 Å². The maximum atomic E-state index is 5.45. The Morgan fingerprint density at radius 1 is 1.05 bits per heavy atom. The fourth-order valence-corrected chi connectivity index (χ4v) is 2.24. The van der Waals surface area contributed by atoms with Gasteiger partial charge in [-0.15, -0.1) is 0 Å². The smallest absolute Gasteiger partial charge is 0.0686 e. The first-order valence-corrected chi connectivity index (χ1v) is 6.56. The number of hydrogen-bond acceptors (Lipinski definition) is 2. The predicted octanol–water partition coefficient (Wildman–Crippen LogP) is 2.39. The molecule has 0 saturated heterocycles. The molecule has 2 aromatic carbocycles. The molecular weight excluding hydrogens is 246 g/mol. The van der Waals surface area contributed by atoms with Crippen molar-refractivity contribution in [1.29, 1.82) is 0 Å². The second-order valence-electron chi connectivity index (χ2n) is 4.52. The van der Waals surface area contributed by atoms with Gasteiger partial charge < -0.3 is 5.73 Å². The van der Waals surface area contributed by atoms with Crippen molar-refractivity contribution in [2.75, 3.05) is 6.54 Å². The van der Waals surface area contributed by atoms with E-state index >= 15 is 0 Å². The lowest BCUT2D eigenvalue weighted by Gasteiger charge is -2.06. The molecule has 0 bridgehead atoms. The van der Waals surface area contributed by atoms with Crippen LogP contribution in [0.15, 0.2) is 54.7 Å². The average molecular weight is 261 g/mol. The predicted molar refractivity (Wildman–Crippen MR) is 81.2 cm³/mol. The Hall–Kier alpha value is -2.57. The lowest BCUT2D eigenvalue weighted by Crippen LogP contribution is -2.03. The average Bonchev–Trinajstić information content (AvgIpc) is 2.90. The molecule has 2 N–H and O–H groups in total. The minimum atomic E-state index is 0.374. The largest absolute Gasteiger partial charge is 0.320 e. The molecule has 0 amide bonds. The number of fused-ring (bicyclic) bond motifs is 1. The highest BCUT2D eigenvalue weighted by Crippen LogP contribution is 2.16. The van der Waals surface area contributed by atoms with Gasteiger partial charge in [0.1, 0.15) is 0 Å². The summed E-state index contributed by atoms with van der Waals surface area (Å²) < 4.78 is 2.00. The molecule has 0 spiro atoms. The van der Waals surface area contributed by atoms with Gasteiger partial charge in [-0.1, -0.05) is 48.2 Å². The Balaban J connectivity index is 1.99. The van der Waals surface area contributed by atoms with Crippen molar-refractivity contribution >= 4 is 10.9 Å². The Morgan fingerprint density at radius 2 is 1.85 bits per heavy atom. The van der Waals surface area contributed by atoms with Crippen LogP contribution < -0.4 is 5.73 Å².